The highest BCUT2D eigenvalue weighted by molar-refractivity contribution is 6.13. The molecule has 0 saturated carbocycles. The molecule has 0 bridgehead atoms. The van der Waals surface area contributed by atoms with Gasteiger partial charge >= 0.3 is 5.97 Å². The molecule has 1 atom stereocenters. The zero-order valence-corrected chi connectivity index (χ0v) is 16.9. The molecule has 0 radical (unpaired) electrons. The second-order valence-electron chi connectivity index (χ2n) is 6.90. The molecule has 0 fully saturated rings. The average Bonchev–Trinajstić information content (AvgIpc) is 3.16. The highest BCUT2D eigenvalue weighted by Crippen LogP contribution is 2.33. The summed E-state index contributed by atoms with van der Waals surface area (Å²) in [7, 11) is 2.88. The molecule has 4 rings (SSSR count). The first-order valence-corrected chi connectivity index (χ1v) is 9.46. The number of carbonyl (C=O) groups excluding carboxylic acids is 2. The van der Waals surface area contributed by atoms with Gasteiger partial charge in [0.05, 0.1) is 25.4 Å². The van der Waals surface area contributed by atoms with E-state index in [1.54, 1.807) is 20.1 Å². The van der Waals surface area contributed by atoms with E-state index in [1.807, 2.05) is 48.5 Å². The molecular formula is C23H21N3O4. The minimum atomic E-state index is -0.789. The van der Waals surface area contributed by atoms with E-state index in [1.165, 1.54) is 7.11 Å². The number of aromatic amines is 1. The number of nitrogens with one attached hydrogen (secondary N) is 2. The molecule has 2 aromatic heterocycles. The van der Waals surface area contributed by atoms with Gasteiger partial charge in [-0.1, -0.05) is 30.3 Å². The van der Waals surface area contributed by atoms with Crippen molar-refractivity contribution >= 4 is 33.7 Å². The van der Waals surface area contributed by atoms with Crippen LogP contribution in [0.4, 0.5) is 0 Å². The summed E-state index contributed by atoms with van der Waals surface area (Å²) >= 11 is 0. The Morgan fingerprint density at radius 2 is 1.83 bits per heavy atom. The summed E-state index contributed by atoms with van der Waals surface area (Å²) in [6.07, 6.45) is 0. The van der Waals surface area contributed by atoms with Crippen LogP contribution >= 0.6 is 0 Å². The van der Waals surface area contributed by atoms with Gasteiger partial charge in [0.1, 0.15) is 17.5 Å². The maximum atomic E-state index is 12.9. The van der Waals surface area contributed by atoms with Crippen molar-refractivity contribution in [3.63, 3.8) is 0 Å². The van der Waals surface area contributed by atoms with Gasteiger partial charge in [-0.05, 0) is 31.2 Å². The Bertz CT molecular complexity index is 1260. The lowest BCUT2D eigenvalue weighted by Gasteiger charge is -2.12. The molecule has 2 heterocycles. The van der Waals surface area contributed by atoms with E-state index < -0.39 is 17.9 Å². The number of pyridine rings is 1. The number of carbonyl (C=O) groups is 2. The first kappa shape index (κ1) is 19.4. The number of H-pyrrole nitrogens is 1. The number of hydrogen-bond acceptors (Lipinski definition) is 5. The van der Waals surface area contributed by atoms with Gasteiger partial charge in [-0.2, -0.15) is 0 Å². The topological polar surface area (TPSA) is 93.3 Å². The van der Waals surface area contributed by atoms with Crippen LogP contribution in [-0.2, 0) is 9.53 Å². The third kappa shape index (κ3) is 3.45. The van der Waals surface area contributed by atoms with E-state index in [4.69, 9.17) is 4.74 Å². The fourth-order valence-electron chi connectivity index (χ4n) is 3.45. The van der Waals surface area contributed by atoms with E-state index >= 15 is 0 Å². The van der Waals surface area contributed by atoms with Crippen LogP contribution < -0.4 is 10.1 Å². The fraction of sp³-hybridized carbons (Fsp3) is 0.174. The first-order valence-electron chi connectivity index (χ1n) is 9.46. The van der Waals surface area contributed by atoms with Crippen molar-refractivity contribution < 1.29 is 19.1 Å². The zero-order valence-electron chi connectivity index (χ0n) is 16.9. The van der Waals surface area contributed by atoms with Crippen molar-refractivity contribution in [1.29, 1.82) is 0 Å². The van der Waals surface area contributed by atoms with Gasteiger partial charge in [0, 0.05) is 21.9 Å². The summed E-state index contributed by atoms with van der Waals surface area (Å²) in [4.78, 5) is 32.6. The van der Waals surface area contributed by atoms with Crippen molar-refractivity contribution in [2.75, 3.05) is 14.2 Å². The third-order valence-corrected chi connectivity index (χ3v) is 4.97. The van der Waals surface area contributed by atoms with E-state index in [0.717, 1.165) is 27.4 Å². The maximum absolute atomic E-state index is 12.9. The van der Waals surface area contributed by atoms with Gasteiger partial charge in [0.2, 0.25) is 0 Å². The molecule has 2 aromatic carbocycles. The quantitative estimate of drug-likeness (QED) is 0.496. The second-order valence-corrected chi connectivity index (χ2v) is 6.90. The number of hydrogen-bond donors (Lipinski definition) is 2. The molecule has 2 N–H and O–H groups in total. The molecule has 0 saturated heterocycles. The van der Waals surface area contributed by atoms with Crippen LogP contribution in [-0.4, -0.2) is 42.1 Å². The lowest BCUT2D eigenvalue weighted by Crippen LogP contribution is -2.39. The van der Waals surface area contributed by atoms with Gasteiger partial charge in [-0.3, -0.25) is 4.79 Å². The summed E-state index contributed by atoms with van der Waals surface area (Å²) < 4.78 is 10.0. The minimum absolute atomic E-state index is 0.209. The van der Waals surface area contributed by atoms with E-state index in [0.29, 0.717) is 11.4 Å². The lowest BCUT2D eigenvalue weighted by molar-refractivity contribution is -0.142. The third-order valence-electron chi connectivity index (χ3n) is 4.97. The van der Waals surface area contributed by atoms with Crippen LogP contribution in [0.25, 0.3) is 33.1 Å². The average molecular weight is 403 g/mol. The number of para-hydroxylation sites is 1. The van der Waals surface area contributed by atoms with Crippen LogP contribution in [0, 0.1) is 0 Å². The summed E-state index contributed by atoms with van der Waals surface area (Å²) in [5, 5.41) is 4.49. The van der Waals surface area contributed by atoms with Crippen LogP contribution in [0.3, 0.4) is 0 Å². The van der Waals surface area contributed by atoms with Gasteiger partial charge in [-0.25, -0.2) is 9.78 Å². The number of aromatic nitrogens is 2. The molecule has 0 aliphatic rings. The molecule has 0 aliphatic heterocycles. The summed E-state index contributed by atoms with van der Waals surface area (Å²) in [6.45, 7) is 1.57. The monoisotopic (exact) mass is 403 g/mol. The largest absolute Gasteiger partial charge is 0.497 e. The van der Waals surface area contributed by atoms with Crippen LogP contribution in [0.15, 0.2) is 54.6 Å². The Hall–Kier alpha value is -3.87. The Labute approximate surface area is 173 Å². The molecule has 30 heavy (non-hydrogen) atoms. The molecule has 0 spiro atoms. The zero-order chi connectivity index (χ0) is 21.3. The number of esters is 1. The summed E-state index contributed by atoms with van der Waals surface area (Å²) in [6, 6.07) is 16.3. The van der Waals surface area contributed by atoms with E-state index in [2.05, 4.69) is 20.0 Å². The van der Waals surface area contributed by atoms with Crippen molar-refractivity contribution in [3.05, 3.63) is 60.3 Å². The van der Waals surface area contributed by atoms with Crippen molar-refractivity contribution in [3.8, 4) is 17.0 Å². The second kappa shape index (κ2) is 7.87. The maximum Gasteiger partial charge on any atom is 0.328 e. The lowest BCUT2D eigenvalue weighted by atomic mass is 10.1. The smallest absolute Gasteiger partial charge is 0.328 e. The van der Waals surface area contributed by atoms with Crippen molar-refractivity contribution in [2.45, 2.75) is 13.0 Å². The molecule has 7 nitrogen and oxygen atoms in total. The number of ether oxygens (including phenoxy) is 2. The molecule has 0 aliphatic carbocycles. The predicted molar refractivity (Wildman–Crippen MR) is 115 cm³/mol. The number of benzene rings is 2. The number of fused-ring (bicyclic) bond motifs is 3. The van der Waals surface area contributed by atoms with Crippen LogP contribution in [0.2, 0.25) is 0 Å². The molecule has 1 amide bonds. The molecular weight excluding hydrogens is 382 g/mol. The van der Waals surface area contributed by atoms with E-state index in [9.17, 15) is 9.59 Å². The number of amides is 1. The number of nitrogens with zero attached hydrogens (tertiary/aromatic N) is 1. The molecule has 152 valence electrons. The summed E-state index contributed by atoms with van der Waals surface area (Å²) in [5.74, 6) is -0.290. The van der Waals surface area contributed by atoms with Crippen molar-refractivity contribution in [1.82, 2.24) is 15.3 Å². The SMILES string of the molecule is COC(=O)C(C)NC(=O)c1cc2c([nH]c3ccccc32)c(-c2cccc(OC)c2)n1. The molecule has 4 aromatic rings. The normalized spacial score (nSPS) is 12.0. The van der Waals surface area contributed by atoms with Crippen molar-refractivity contribution in [2.24, 2.45) is 0 Å². The predicted octanol–water partition coefficient (Wildman–Crippen LogP) is 3.68. The Morgan fingerprint density at radius 3 is 2.60 bits per heavy atom. The Morgan fingerprint density at radius 1 is 1.03 bits per heavy atom. The highest BCUT2D eigenvalue weighted by Gasteiger charge is 2.21. The minimum Gasteiger partial charge on any atom is -0.497 e. The number of methoxy groups -OCH3 is 2. The van der Waals surface area contributed by atoms with Gasteiger partial charge in [-0.15, -0.1) is 0 Å². The standard InChI is InChI=1S/C23H21N3O4/c1-13(23(28)30-3)24-22(27)19-12-17-16-9-4-5-10-18(16)25-21(17)20(26-19)14-7-6-8-15(11-14)29-2/h4-13,25H,1-3H3,(H,24,27). The van der Waals surface area contributed by atoms with Gasteiger partial charge in [0.25, 0.3) is 5.91 Å². The Kier molecular flexibility index (Phi) is 5.10. The van der Waals surface area contributed by atoms with E-state index in [-0.39, 0.29) is 5.69 Å². The van der Waals surface area contributed by atoms with Crippen LogP contribution in [0.5, 0.6) is 5.75 Å². The number of rotatable bonds is 5. The molecule has 1 unspecified atom stereocenters. The van der Waals surface area contributed by atoms with Gasteiger partial charge in [0.15, 0.2) is 0 Å². The van der Waals surface area contributed by atoms with Crippen LogP contribution in [0.1, 0.15) is 17.4 Å². The first-order chi connectivity index (χ1) is 14.5. The summed E-state index contributed by atoms with van der Waals surface area (Å²) in [5.41, 5.74) is 3.40. The van der Waals surface area contributed by atoms with Gasteiger partial charge < -0.3 is 19.8 Å². The molecule has 7 heteroatoms. The highest BCUT2D eigenvalue weighted by atomic mass is 16.5. The Balaban J connectivity index is 1.90. The fourth-order valence-corrected chi connectivity index (χ4v) is 3.45.